The first kappa shape index (κ1) is 27.9. The maximum absolute atomic E-state index is 2.45. The van der Waals surface area contributed by atoms with Crippen molar-refractivity contribution in [3.05, 3.63) is 180 Å². The SMILES string of the molecule is CC1(C)c2ccccc2-c2ccc(-n3c4ccccc4c4cc(-c5ccc6c(c5)C=Cc5ccccc5N6c5ccccc5)ccc43)cc21. The van der Waals surface area contributed by atoms with E-state index in [-0.39, 0.29) is 5.41 Å². The molecule has 2 aliphatic rings. The average molecular weight is 627 g/mol. The molecule has 10 rings (SSSR count). The first-order valence-electron chi connectivity index (χ1n) is 17.1. The van der Waals surface area contributed by atoms with Gasteiger partial charge in [0.05, 0.1) is 22.4 Å². The normalized spacial score (nSPS) is 14.0. The fourth-order valence-electron chi connectivity index (χ4n) is 8.33. The molecule has 0 N–H and O–H groups in total. The Morgan fingerprint density at radius 3 is 2.02 bits per heavy atom. The number of rotatable bonds is 3. The molecular weight excluding hydrogens is 593 g/mol. The standard InChI is InChI=1S/C47H34N2/c1-47(2)41-17-9-7-15-37(41)38-25-24-36(30-42(38)47)49-45-19-11-8-16-39(45)40-29-33(23-27-46(40)49)32-22-26-44-34(28-32)21-20-31-12-6-10-18-43(31)48(44)35-13-4-3-5-14-35/h3-30H,1-2H3. The van der Waals surface area contributed by atoms with E-state index in [0.29, 0.717) is 0 Å². The lowest BCUT2D eigenvalue weighted by Crippen LogP contribution is -2.15. The third-order valence-corrected chi connectivity index (χ3v) is 10.7. The number of hydrogen-bond acceptors (Lipinski definition) is 1. The molecule has 1 aliphatic heterocycles. The Labute approximate surface area is 286 Å². The lowest BCUT2D eigenvalue weighted by molar-refractivity contribution is 0.660. The van der Waals surface area contributed by atoms with Crippen LogP contribution in [0.3, 0.4) is 0 Å². The summed E-state index contributed by atoms with van der Waals surface area (Å²) in [5.41, 5.74) is 17.4. The van der Waals surface area contributed by atoms with Crippen molar-refractivity contribution in [3.8, 4) is 27.9 Å². The molecule has 2 heterocycles. The van der Waals surface area contributed by atoms with Crippen molar-refractivity contribution in [1.82, 2.24) is 4.57 Å². The molecule has 2 heteroatoms. The molecule has 0 unspecified atom stereocenters. The van der Waals surface area contributed by atoms with E-state index in [1.54, 1.807) is 0 Å². The molecular formula is C47H34N2. The summed E-state index contributed by atoms with van der Waals surface area (Å²) in [4.78, 5) is 2.38. The summed E-state index contributed by atoms with van der Waals surface area (Å²) in [5, 5.41) is 2.53. The first-order valence-corrected chi connectivity index (χ1v) is 17.1. The van der Waals surface area contributed by atoms with Gasteiger partial charge >= 0.3 is 0 Å². The van der Waals surface area contributed by atoms with E-state index in [2.05, 4.69) is 193 Å². The molecule has 2 nitrogen and oxygen atoms in total. The van der Waals surface area contributed by atoms with Crippen LogP contribution in [0.1, 0.15) is 36.1 Å². The highest BCUT2D eigenvalue weighted by molar-refractivity contribution is 6.10. The van der Waals surface area contributed by atoms with Gasteiger partial charge in [-0.3, -0.25) is 0 Å². The Morgan fingerprint density at radius 2 is 1.10 bits per heavy atom. The lowest BCUT2D eigenvalue weighted by Gasteiger charge is -2.27. The van der Waals surface area contributed by atoms with Gasteiger partial charge in [-0.05, 0) is 105 Å². The largest absolute Gasteiger partial charge is 0.309 e. The number of anilines is 3. The third-order valence-electron chi connectivity index (χ3n) is 10.7. The minimum atomic E-state index is -0.0505. The van der Waals surface area contributed by atoms with Crippen molar-refractivity contribution in [1.29, 1.82) is 0 Å². The molecule has 49 heavy (non-hydrogen) atoms. The summed E-state index contributed by atoms with van der Waals surface area (Å²) in [6, 6.07) is 57.9. The van der Waals surface area contributed by atoms with Gasteiger partial charge in [0.1, 0.15) is 0 Å². The van der Waals surface area contributed by atoms with E-state index in [0.717, 1.165) is 5.69 Å². The van der Waals surface area contributed by atoms with E-state index in [4.69, 9.17) is 0 Å². The van der Waals surface area contributed by atoms with Gasteiger partial charge in [-0.25, -0.2) is 0 Å². The highest BCUT2D eigenvalue weighted by Gasteiger charge is 2.35. The molecule has 8 aromatic rings. The quantitative estimate of drug-likeness (QED) is 0.189. The molecule has 0 radical (unpaired) electrons. The second kappa shape index (κ2) is 10.4. The predicted octanol–water partition coefficient (Wildman–Crippen LogP) is 12.7. The number of para-hydroxylation sites is 3. The highest BCUT2D eigenvalue weighted by Crippen LogP contribution is 2.50. The smallest absolute Gasteiger partial charge is 0.0541 e. The van der Waals surface area contributed by atoms with Gasteiger partial charge in [-0.2, -0.15) is 0 Å². The summed E-state index contributed by atoms with van der Waals surface area (Å²) in [6.07, 6.45) is 4.51. The molecule has 1 aliphatic carbocycles. The minimum Gasteiger partial charge on any atom is -0.309 e. The molecule has 1 aromatic heterocycles. The summed E-state index contributed by atoms with van der Waals surface area (Å²) in [5.74, 6) is 0. The third kappa shape index (κ3) is 4.14. The fourth-order valence-corrected chi connectivity index (χ4v) is 8.33. The Balaban J connectivity index is 1.11. The second-order valence-corrected chi connectivity index (χ2v) is 13.8. The van der Waals surface area contributed by atoms with Crippen LogP contribution in [0.5, 0.6) is 0 Å². The molecule has 0 fully saturated rings. The van der Waals surface area contributed by atoms with Crippen LogP contribution in [0.25, 0.3) is 61.9 Å². The predicted molar refractivity (Wildman–Crippen MR) is 207 cm³/mol. The van der Waals surface area contributed by atoms with Crippen molar-refractivity contribution in [2.75, 3.05) is 4.90 Å². The van der Waals surface area contributed by atoms with Crippen molar-refractivity contribution in [2.24, 2.45) is 0 Å². The highest BCUT2D eigenvalue weighted by atomic mass is 15.1. The van der Waals surface area contributed by atoms with Crippen LogP contribution in [0.4, 0.5) is 17.1 Å². The maximum Gasteiger partial charge on any atom is 0.0541 e. The number of fused-ring (bicyclic) bond motifs is 8. The second-order valence-electron chi connectivity index (χ2n) is 13.8. The van der Waals surface area contributed by atoms with Gasteiger partial charge in [0.25, 0.3) is 0 Å². The zero-order chi connectivity index (χ0) is 32.7. The van der Waals surface area contributed by atoms with Gasteiger partial charge in [-0.1, -0.05) is 123 Å². The van der Waals surface area contributed by atoms with Crippen molar-refractivity contribution in [2.45, 2.75) is 19.3 Å². The fraction of sp³-hybridized carbons (Fsp3) is 0.0638. The van der Waals surface area contributed by atoms with Crippen LogP contribution >= 0.6 is 0 Å². The average Bonchev–Trinajstić information content (AvgIpc) is 3.52. The molecule has 0 saturated heterocycles. The number of aromatic nitrogens is 1. The van der Waals surface area contributed by atoms with Crippen molar-refractivity contribution >= 4 is 51.0 Å². The van der Waals surface area contributed by atoms with Crippen LogP contribution in [0.2, 0.25) is 0 Å². The van der Waals surface area contributed by atoms with E-state index >= 15 is 0 Å². The van der Waals surface area contributed by atoms with Crippen LogP contribution in [0.15, 0.2) is 158 Å². The summed E-state index contributed by atoms with van der Waals surface area (Å²) < 4.78 is 2.45. The van der Waals surface area contributed by atoms with Crippen molar-refractivity contribution < 1.29 is 0 Å². The van der Waals surface area contributed by atoms with Gasteiger partial charge in [0.2, 0.25) is 0 Å². The van der Waals surface area contributed by atoms with E-state index in [9.17, 15) is 0 Å². The summed E-state index contributed by atoms with van der Waals surface area (Å²) in [7, 11) is 0. The Morgan fingerprint density at radius 1 is 0.429 bits per heavy atom. The molecule has 232 valence electrons. The van der Waals surface area contributed by atoms with Gasteiger partial charge < -0.3 is 9.47 Å². The molecule has 0 spiro atoms. The molecule has 0 bridgehead atoms. The molecule has 7 aromatic carbocycles. The van der Waals surface area contributed by atoms with Crippen LogP contribution in [0, 0.1) is 0 Å². The number of hydrogen-bond donors (Lipinski definition) is 0. The van der Waals surface area contributed by atoms with Gasteiger partial charge in [-0.15, -0.1) is 0 Å². The molecule has 0 amide bonds. The molecule has 0 saturated carbocycles. The zero-order valence-electron chi connectivity index (χ0n) is 27.6. The van der Waals surface area contributed by atoms with Crippen LogP contribution in [-0.2, 0) is 5.41 Å². The van der Waals surface area contributed by atoms with Gasteiger partial charge in [0.15, 0.2) is 0 Å². The number of nitrogens with zero attached hydrogens (tertiary/aromatic N) is 2. The Kier molecular flexibility index (Phi) is 5.95. The Bertz CT molecular complexity index is 2640. The Hall–Kier alpha value is -6.12. The lowest BCUT2D eigenvalue weighted by atomic mass is 9.82. The monoisotopic (exact) mass is 626 g/mol. The van der Waals surface area contributed by atoms with Crippen LogP contribution in [-0.4, -0.2) is 4.57 Å². The minimum absolute atomic E-state index is 0.0505. The van der Waals surface area contributed by atoms with E-state index < -0.39 is 0 Å². The van der Waals surface area contributed by atoms with Crippen LogP contribution < -0.4 is 4.90 Å². The first-order chi connectivity index (χ1) is 24.1. The zero-order valence-corrected chi connectivity index (χ0v) is 27.6. The van der Waals surface area contributed by atoms with Gasteiger partial charge in [0, 0.05) is 27.6 Å². The summed E-state index contributed by atoms with van der Waals surface area (Å²) in [6.45, 7) is 4.71. The van der Waals surface area contributed by atoms with E-state index in [1.807, 2.05) is 0 Å². The van der Waals surface area contributed by atoms with E-state index in [1.165, 1.54) is 83.4 Å². The maximum atomic E-state index is 2.45. The topological polar surface area (TPSA) is 8.17 Å². The van der Waals surface area contributed by atoms with Crippen molar-refractivity contribution in [3.63, 3.8) is 0 Å². The molecule has 0 atom stereocenters. The number of benzene rings is 7. The summed E-state index contributed by atoms with van der Waals surface area (Å²) >= 11 is 0.